The smallest absolute Gasteiger partial charge is 0.142 e. The number of pyridine rings is 1. The number of hydrogen-bond acceptors (Lipinski definition) is 3. The number of rotatable bonds is 8. The minimum absolute atomic E-state index is 0.345. The van der Waals surface area contributed by atoms with Crippen molar-refractivity contribution >= 4 is 0 Å². The summed E-state index contributed by atoms with van der Waals surface area (Å²) in [6.07, 6.45) is 1.51. The fraction of sp³-hybridized carbons (Fsp3) is 0.615. The molecule has 0 atom stereocenters. The van der Waals surface area contributed by atoms with Crippen molar-refractivity contribution in [2.75, 3.05) is 19.8 Å². The van der Waals surface area contributed by atoms with Crippen LogP contribution in [-0.4, -0.2) is 24.8 Å². The Balaban J connectivity index is 2.59. The van der Waals surface area contributed by atoms with Crippen molar-refractivity contribution in [2.45, 2.75) is 33.2 Å². The molecular weight excluding hydrogens is 219 g/mol. The average molecular weight is 240 g/mol. The predicted octanol–water partition coefficient (Wildman–Crippen LogP) is 2.63. The summed E-state index contributed by atoms with van der Waals surface area (Å²) < 4.78 is 17.5. The number of hydrogen-bond donors (Lipinski definition) is 1. The number of ether oxygens (including phenoxy) is 1. The lowest BCUT2D eigenvalue weighted by Gasteiger charge is -2.11. The number of aryl methyl sites for hydroxylation is 1. The zero-order chi connectivity index (χ0) is 12.5. The number of aromatic nitrogens is 1. The standard InChI is InChI=1S/C13H21FN2O/c1-3-8-15-10-12-13(17-9-4-7-14)6-5-11(2)16-12/h5-6,15H,3-4,7-10H2,1-2H3. The molecule has 4 heteroatoms. The first-order valence-corrected chi connectivity index (χ1v) is 6.14. The molecule has 96 valence electrons. The van der Waals surface area contributed by atoms with Crippen LogP contribution >= 0.6 is 0 Å². The topological polar surface area (TPSA) is 34.2 Å². The molecule has 0 unspecified atom stereocenters. The third-order valence-electron chi connectivity index (χ3n) is 2.33. The van der Waals surface area contributed by atoms with Gasteiger partial charge in [0.25, 0.3) is 0 Å². The highest BCUT2D eigenvalue weighted by atomic mass is 19.1. The number of nitrogens with one attached hydrogen (secondary N) is 1. The fourth-order valence-electron chi connectivity index (χ4n) is 1.48. The summed E-state index contributed by atoms with van der Waals surface area (Å²) in [5.41, 5.74) is 1.87. The maximum absolute atomic E-state index is 12.0. The van der Waals surface area contributed by atoms with Crippen molar-refractivity contribution in [1.29, 1.82) is 0 Å². The van der Waals surface area contributed by atoms with Gasteiger partial charge in [-0.25, -0.2) is 0 Å². The highest BCUT2D eigenvalue weighted by molar-refractivity contribution is 5.29. The third-order valence-corrected chi connectivity index (χ3v) is 2.33. The maximum Gasteiger partial charge on any atom is 0.142 e. The lowest BCUT2D eigenvalue weighted by Crippen LogP contribution is -2.16. The van der Waals surface area contributed by atoms with Gasteiger partial charge < -0.3 is 10.1 Å². The lowest BCUT2D eigenvalue weighted by molar-refractivity contribution is 0.285. The van der Waals surface area contributed by atoms with E-state index in [1.54, 1.807) is 0 Å². The molecule has 0 saturated carbocycles. The first-order valence-electron chi connectivity index (χ1n) is 6.14. The normalized spacial score (nSPS) is 10.5. The van der Waals surface area contributed by atoms with Gasteiger partial charge in [-0.05, 0) is 32.0 Å². The molecular formula is C13H21FN2O. The molecule has 0 saturated heterocycles. The van der Waals surface area contributed by atoms with E-state index in [0.717, 1.165) is 30.1 Å². The molecule has 1 aromatic heterocycles. The quantitative estimate of drug-likeness (QED) is 0.709. The van der Waals surface area contributed by atoms with Crippen LogP contribution in [0.3, 0.4) is 0 Å². The largest absolute Gasteiger partial charge is 0.492 e. The molecule has 0 aliphatic rings. The van der Waals surface area contributed by atoms with E-state index in [1.165, 1.54) is 0 Å². The van der Waals surface area contributed by atoms with Gasteiger partial charge in [-0.2, -0.15) is 0 Å². The maximum atomic E-state index is 12.0. The Morgan fingerprint density at radius 3 is 2.94 bits per heavy atom. The minimum atomic E-state index is -0.345. The first-order chi connectivity index (χ1) is 8.27. The molecule has 17 heavy (non-hydrogen) atoms. The van der Waals surface area contributed by atoms with Gasteiger partial charge in [0, 0.05) is 18.7 Å². The van der Waals surface area contributed by atoms with E-state index < -0.39 is 0 Å². The first kappa shape index (κ1) is 13.9. The third kappa shape index (κ3) is 5.13. The van der Waals surface area contributed by atoms with Crippen LogP contribution in [0.5, 0.6) is 5.75 Å². The zero-order valence-electron chi connectivity index (χ0n) is 10.6. The second kappa shape index (κ2) is 8.01. The fourth-order valence-corrected chi connectivity index (χ4v) is 1.48. The Morgan fingerprint density at radius 1 is 1.41 bits per heavy atom. The minimum Gasteiger partial charge on any atom is -0.492 e. The van der Waals surface area contributed by atoms with Gasteiger partial charge in [0.2, 0.25) is 0 Å². The molecule has 3 nitrogen and oxygen atoms in total. The zero-order valence-corrected chi connectivity index (χ0v) is 10.6. The summed E-state index contributed by atoms with van der Waals surface area (Å²) in [6.45, 7) is 5.79. The van der Waals surface area contributed by atoms with Crippen molar-refractivity contribution in [3.8, 4) is 5.75 Å². The Kier molecular flexibility index (Phi) is 6.55. The molecule has 1 heterocycles. The molecule has 1 rings (SSSR count). The SMILES string of the molecule is CCCNCc1nc(C)ccc1OCCCF. The van der Waals surface area contributed by atoms with Crippen LogP contribution in [0.4, 0.5) is 4.39 Å². The van der Waals surface area contributed by atoms with Crippen LogP contribution in [0.25, 0.3) is 0 Å². The van der Waals surface area contributed by atoms with Crippen molar-refractivity contribution in [1.82, 2.24) is 10.3 Å². The van der Waals surface area contributed by atoms with E-state index in [0.29, 0.717) is 19.6 Å². The molecule has 0 bridgehead atoms. The Morgan fingerprint density at radius 2 is 2.24 bits per heavy atom. The monoisotopic (exact) mass is 240 g/mol. The summed E-state index contributed by atoms with van der Waals surface area (Å²) in [4.78, 5) is 4.44. The summed E-state index contributed by atoms with van der Waals surface area (Å²) in [5.74, 6) is 0.757. The van der Waals surface area contributed by atoms with Crippen LogP contribution in [0.15, 0.2) is 12.1 Å². The molecule has 0 aromatic carbocycles. The summed E-state index contributed by atoms with van der Waals surface area (Å²) in [5, 5.41) is 3.29. The van der Waals surface area contributed by atoms with Gasteiger partial charge in [-0.15, -0.1) is 0 Å². The van der Waals surface area contributed by atoms with Crippen LogP contribution in [0.2, 0.25) is 0 Å². The Labute approximate surface area is 102 Å². The van der Waals surface area contributed by atoms with Gasteiger partial charge in [0.05, 0.1) is 19.0 Å². The lowest BCUT2D eigenvalue weighted by atomic mass is 10.2. The summed E-state index contributed by atoms with van der Waals surface area (Å²) >= 11 is 0. The van der Waals surface area contributed by atoms with E-state index in [9.17, 15) is 4.39 Å². The molecule has 1 aromatic rings. The second-order valence-corrected chi connectivity index (χ2v) is 3.97. The van der Waals surface area contributed by atoms with Gasteiger partial charge in [0.1, 0.15) is 5.75 Å². The highest BCUT2D eigenvalue weighted by Gasteiger charge is 2.05. The van der Waals surface area contributed by atoms with Gasteiger partial charge in [-0.1, -0.05) is 6.92 Å². The summed E-state index contributed by atoms with van der Waals surface area (Å²) in [7, 11) is 0. The number of alkyl halides is 1. The van der Waals surface area contributed by atoms with Crippen molar-refractivity contribution < 1.29 is 9.13 Å². The van der Waals surface area contributed by atoms with Crippen LogP contribution < -0.4 is 10.1 Å². The Hall–Kier alpha value is -1.16. The molecule has 0 amide bonds. The van der Waals surface area contributed by atoms with Crippen molar-refractivity contribution in [3.05, 3.63) is 23.5 Å². The number of nitrogens with zero attached hydrogens (tertiary/aromatic N) is 1. The second-order valence-electron chi connectivity index (χ2n) is 3.97. The van der Waals surface area contributed by atoms with Gasteiger partial charge in [0.15, 0.2) is 0 Å². The average Bonchev–Trinajstić information content (AvgIpc) is 2.32. The van der Waals surface area contributed by atoms with Crippen molar-refractivity contribution in [2.24, 2.45) is 0 Å². The van der Waals surface area contributed by atoms with E-state index in [-0.39, 0.29) is 6.67 Å². The predicted molar refractivity (Wildman–Crippen MR) is 67.1 cm³/mol. The van der Waals surface area contributed by atoms with E-state index in [4.69, 9.17) is 4.74 Å². The number of halogens is 1. The van der Waals surface area contributed by atoms with E-state index >= 15 is 0 Å². The summed E-state index contributed by atoms with van der Waals surface area (Å²) in [6, 6.07) is 3.82. The molecule has 0 aliphatic carbocycles. The molecule has 1 N–H and O–H groups in total. The van der Waals surface area contributed by atoms with E-state index in [1.807, 2.05) is 19.1 Å². The molecule has 0 radical (unpaired) electrons. The van der Waals surface area contributed by atoms with Crippen LogP contribution in [0.1, 0.15) is 31.2 Å². The molecule has 0 aliphatic heterocycles. The van der Waals surface area contributed by atoms with Crippen LogP contribution in [-0.2, 0) is 6.54 Å². The molecule has 0 spiro atoms. The van der Waals surface area contributed by atoms with E-state index in [2.05, 4.69) is 17.2 Å². The van der Waals surface area contributed by atoms with Gasteiger partial charge >= 0.3 is 0 Å². The van der Waals surface area contributed by atoms with Crippen LogP contribution in [0, 0.1) is 6.92 Å². The van der Waals surface area contributed by atoms with Crippen molar-refractivity contribution in [3.63, 3.8) is 0 Å². The molecule has 0 fully saturated rings. The highest BCUT2D eigenvalue weighted by Crippen LogP contribution is 2.17. The van der Waals surface area contributed by atoms with Gasteiger partial charge in [-0.3, -0.25) is 9.37 Å². The Bertz CT molecular complexity index is 331.